The number of amides is 1. The van der Waals surface area contributed by atoms with Crippen LogP contribution >= 0.6 is 0 Å². The molecule has 2 rings (SSSR count). The van der Waals surface area contributed by atoms with Crippen LogP contribution in [-0.4, -0.2) is 47.0 Å². The van der Waals surface area contributed by atoms with Gasteiger partial charge in [-0.05, 0) is 11.1 Å². The summed E-state index contributed by atoms with van der Waals surface area (Å²) in [5.74, 6) is 0. The zero-order valence-corrected chi connectivity index (χ0v) is 10.1. The summed E-state index contributed by atoms with van der Waals surface area (Å²) in [4.78, 5) is 12.3. The molecule has 1 aliphatic rings. The molecule has 0 aromatic heterocycles. The third-order valence-corrected chi connectivity index (χ3v) is 3.05. The van der Waals surface area contributed by atoms with Gasteiger partial charge in [-0.1, -0.05) is 24.3 Å². The van der Waals surface area contributed by atoms with Gasteiger partial charge in [0.1, 0.15) is 0 Å². The predicted octanol–water partition coefficient (Wildman–Crippen LogP) is 1.10. The number of morpholine rings is 1. The van der Waals surface area contributed by atoms with Crippen molar-refractivity contribution in [3.8, 4) is 0 Å². The molecule has 1 aliphatic heterocycles. The number of carbonyl (C=O) groups is 1. The second kappa shape index (κ2) is 5.84. The van der Waals surface area contributed by atoms with E-state index < -0.39 is 6.09 Å². The van der Waals surface area contributed by atoms with Gasteiger partial charge in [0, 0.05) is 13.0 Å². The van der Waals surface area contributed by atoms with Crippen LogP contribution < -0.4 is 0 Å². The summed E-state index contributed by atoms with van der Waals surface area (Å²) in [6, 6.07) is 7.62. The fraction of sp³-hybridized carbons (Fsp3) is 0.462. The summed E-state index contributed by atoms with van der Waals surface area (Å²) in [6.45, 7) is 1.29. The Bertz CT molecular complexity index is 421. The van der Waals surface area contributed by atoms with E-state index in [9.17, 15) is 4.79 Å². The van der Waals surface area contributed by atoms with Gasteiger partial charge in [0.2, 0.25) is 0 Å². The van der Waals surface area contributed by atoms with Crippen molar-refractivity contribution in [1.29, 1.82) is 0 Å². The largest absolute Gasteiger partial charge is 0.465 e. The standard InChI is InChI=1S/C13H17NO4/c15-9-11-3-1-2-10(6-11)7-12-8-14(13(16)17)4-5-18-12/h1-3,6,12,15H,4-5,7-9H2,(H,16,17)/t12-/m1/s1. The van der Waals surface area contributed by atoms with Crippen molar-refractivity contribution < 1.29 is 19.7 Å². The van der Waals surface area contributed by atoms with E-state index in [2.05, 4.69) is 0 Å². The van der Waals surface area contributed by atoms with E-state index in [1.54, 1.807) is 0 Å². The molecule has 1 heterocycles. The highest BCUT2D eigenvalue weighted by molar-refractivity contribution is 5.65. The van der Waals surface area contributed by atoms with E-state index in [1.807, 2.05) is 24.3 Å². The highest BCUT2D eigenvalue weighted by atomic mass is 16.5. The number of benzene rings is 1. The first-order chi connectivity index (χ1) is 8.69. The van der Waals surface area contributed by atoms with Gasteiger partial charge in [-0.2, -0.15) is 0 Å². The zero-order chi connectivity index (χ0) is 13.0. The van der Waals surface area contributed by atoms with E-state index in [0.29, 0.717) is 26.1 Å². The summed E-state index contributed by atoms with van der Waals surface area (Å²) in [6.07, 6.45) is -0.339. The summed E-state index contributed by atoms with van der Waals surface area (Å²) in [5, 5.41) is 18.0. The van der Waals surface area contributed by atoms with Gasteiger partial charge in [-0.3, -0.25) is 0 Å². The molecule has 1 aromatic rings. The van der Waals surface area contributed by atoms with Crippen LogP contribution in [0.5, 0.6) is 0 Å². The first kappa shape index (κ1) is 12.9. The summed E-state index contributed by atoms with van der Waals surface area (Å²) >= 11 is 0. The third-order valence-electron chi connectivity index (χ3n) is 3.05. The van der Waals surface area contributed by atoms with Gasteiger partial charge in [0.25, 0.3) is 0 Å². The average Bonchev–Trinajstić information content (AvgIpc) is 2.39. The maximum absolute atomic E-state index is 10.9. The van der Waals surface area contributed by atoms with E-state index >= 15 is 0 Å². The topological polar surface area (TPSA) is 70.0 Å². The minimum Gasteiger partial charge on any atom is -0.465 e. The lowest BCUT2D eigenvalue weighted by Crippen LogP contribution is -2.45. The predicted molar refractivity (Wildman–Crippen MR) is 65.4 cm³/mol. The lowest BCUT2D eigenvalue weighted by molar-refractivity contribution is -0.0210. The fourth-order valence-electron chi connectivity index (χ4n) is 2.13. The Kier molecular flexibility index (Phi) is 4.17. The normalized spacial score (nSPS) is 19.8. The Morgan fingerprint density at radius 1 is 1.44 bits per heavy atom. The molecule has 18 heavy (non-hydrogen) atoms. The number of aliphatic hydroxyl groups is 1. The van der Waals surface area contributed by atoms with Crippen LogP contribution in [0.4, 0.5) is 4.79 Å². The highest BCUT2D eigenvalue weighted by Gasteiger charge is 2.23. The van der Waals surface area contributed by atoms with Crippen molar-refractivity contribution in [1.82, 2.24) is 4.90 Å². The van der Waals surface area contributed by atoms with E-state index in [-0.39, 0.29) is 12.7 Å². The summed E-state index contributed by atoms with van der Waals surface area (Å²) in [7, 11) is 0. The Labute approximate surface area is 106 Å². The fourth-order valence-corrected chi connectivity index (χ4v) is 2.13. The Morgan fingerprint density at radius 3 is 2.94 bits per heavy atom. The monoisotopic (exact) mass is 251 g/mol. The molecule has 5 heteroatoms. The number of nitrogens with zero attached hydrogens (tertiary/aromatic N) is 1. The summed E-state index contributed by atoms with van der Waals surface area (Å²) in [5.41, 5.74) is 1.91. The van der Waals surface area contributed by atoms with Crippen molar-refractivity contribution in [3.63, 3.8) is 0 Å². The molecule has 1 atom stereocenters. The second-order valence-corrected chi connectivity index (χ2v) is 4.40. The Balaban J connectivity index is 1.97. The number of carboxylic acid groups (broad SMARTS) is 1. The van der Waals surface area contributed by atoms with Gasteiger partial charge in [0.05, 0.1) is 25.9 Å². The van der Waals surface area contributed by atoms with E-state index in [0.717, 1.165) is 11.1 Å². The molecule has 98 valence electrons. The lowest BCUT2D eigenvalue weighted by Gasteiger charge is -2.31. The maximum Gasteiger partial charge on any atom is 0.407 e. The van der Waals surface area contributed by atoms with Crippen LogP contribution in [0, 0.1) is 0 Å². The molecule has 0 spiro atoms. The first-order valence-electron chi connectivity index (χ1n) is 5.97. The van der Waals surface area contributed by atoms with Crippen molar-refractivity contribution in [2.45, 2.75) is 19.1 Å². The van der Waals surface area contributed by atoms with Crippen LogP contribution in [0.25, 0.3) is 0 Å². The Hall–Kier alpha value is -1.59. The van der Waals surface area contributed by atoms with Crippen LogP contribution in [0.15, 0.2) is 24.3 Å². The molecule has 0 radical (unpaired) electrons. The van der Waals surface area contributed by atoms with Crippen LogP contribution in [0.3, 0.4) is 0 Å². The molecule has 0 unspecified atom stereocenters. The highest BCUT2D eigenvalue weighted by Crippen LogP contribution is 2.13. The molecular formula is C13H17NO4. The maximum atomic E-state index is 10.9. The smallest absolute Gasteiger partial charge is 0.407 e. The average molecular weight is 251 g/mol. The van der Waals surface area contributed by atoms with Crippen molar-refractivity contribution in [3.05, 3.63) is 35.4 Å². The quantitative estimate of drug-likeness (QED) is 0.844. The molecule has 1 amide bonds. The van der Waals surface area contributed by atoms with E-state index in [4.69, 9.17) is 14.9 Å². The van der Waals surface area contributed by atoms with E-state index in [1.165, 1.54) is 4.90 Å². The van der Waals surface area contributed by atoms with Crippen molar-refractivity contribution >= 4 is 6.09 Å². The zero-order valence-electron chi connectivity index (χ0n) is 10.1. The first-order valence-corrected chi connectivity index (χ1v) is 5.97. The van der Waals surface area contributed by atoms with Crippen LogP contribution in [0.1, 0.15) is 11.1 Å². The minimum atomic E-state index is -0.896. The van der Waals surface area contributed by atoms with Crippen LogP contribution in [-0.2, 0) is 17.8 Å². The molecule has 2 N–H and O–H groups in total. The molecule has 1 saturated heterocycles. The molecular weight excluding hydrogens is 234 g/mol. The van der Waals surface area contributed by atoms with Crippen molar-refractivity contribution in [2.24, 2.45) is 0 Å². The van der Waals surface area contributed by atoms with Gasteiger partial charge in [-0.25, -0.2) is 4.79 Å². The van der Waals surface area contributed by atoms with Gasteiger partial charge < -0.3 is 19.8 Å². The van der Waals surface area contributed by atoms with Crippen molar-refractivity contribution in [2.75, 3.05) is 19.7 Å². The number of ether oxygens (including phenoxy) is 1. The van der Waals surface area contributed by atoms with Gasteiger partial charge in [0.15, 0.2) is 0 Å². The Morgan fingerprint density at radius 2 is 2.22 bits per heavy atom. The van der Waals surface area contributed by atoms with Gasteiger partial charge in [-0.15, -0.1) is 0 Å². The van der Waals surface area contributed by atoms with Gasteiger partial charge >= 0.3 is 6.09 Å². The third kappa shape index (κ3) is 3.21. The molecule has 1 aromatic carbocycles. The molecule has 5 nitrogen and oxygen atoms in total. The molecule has 0 saturated carbocycles. The minimum absolute atomic E-state index is 0.0145. The SMILES string of the molecule is O=C(O)N1CCO[C@H](Cc2cccc(CO)c2)C1. The number of rotatable bonds is 3. The molecule has 0 aliphatic carbocycles. The van der Waals surface area contributed by atoms with Crippen LogP contribution in [0.2, 0.25) is 0 Å². The number of hydrogen-bond donors (Lipinski definition) is 2. The lowest BCUT2D eigenvalue weighted by atomic mass is 10.0. The molecule has 0 bridgehead atoms. The second-order valence-electron chi connectivity index (χ2n) is 4.40. The number of hydrogen-bond acceptors (Lipinski definition) is 3. The summed E-state index contributed by atoms with van der Waals surface area (Å²) < 4.78 is 5.57. The molecule has 1 fully saturated rings. The number of aliphatic hydroxyl groups excluding tert-OH is 1.